The van der Waals surface area contributed by atoms with E-state index in [2.05, 4.69) is 15.3 Å². The van der Waals surface area contributed by atoms with Crippen molar-refractivity contribution in [2.45, 2.75) is 18.4 Å². The highest BCUT2D eigenvalue weighted by Crippen LogP contribution is 2.47. The van der Waals surface area contributed by atoms with Gasteiger partial charge in [0, 0.05) is 34.9 Å². The van der Waals surface area contributed by atoms with Crippen molar-refractivity contribution in [3.63, 3.8) is 0 Å². The number of benzene rings is 2. The van der Waals surface area contributed by atoms with Gasteiger partial charge in [-0.05, 0) is 42.1 Å². The van der Waals surface area contributed by atoms with Crippen molar-refractivity contribution >= 4 is 17.3 Å². The van der Waals surface area contributed by atoms with E-state index in [0.29, 0.717) is 13.0 Å². The molecule has 0 unspecified atom stereocenters. The van der Waals surface area contributed by atoms with Crippen molar-refractivity contribution in [3.05, 3.63) is 69.9 Å². The average molecular weight is 337 g/mol. The first-order valence-corrected chi connectivity index (χ1v) is 8.15. The lowest BCUT2D eigenvalue weighted by Gasteiger charge is -2.39. The minimum Gasteiger partial charge on any atom is -0.353 e. The van der Waals surface area contributed by atoms with Gasteiger partial charge in [0.1, 0.15) is 11.4 Å². The standard InChI is InChI=1S/C18H16FN5O/c19-13-6-5-12-7-10-24(16(12)11-13)18(8-9-21-23-20)14-3-1-2-4-15(14)22-17(18)25/h1-6,11H,7-10H2,(H,22,25)/t18-/m0/s1. The van der Waals surface area contributed by atoms with E-state index in [-0.39, 0.29) is 18.3 Å². The van der Waals surface area contributed by atoms with E-state index in [1.54, 1.807) is 6.07 Å². The quantitative estimate of drug-likeness (QED) is 0.524. The zero-order chi connectivity index (χ0) is 17.4. The van der Waals surface area contributed by atoms with Crippen molar-refractivity contribution in [3.8, 4) is 0 Å². The lowest BCUT2D eigenvalue weighted by Crippen LogP contribution is -2.51. The van der Waals surface area contributed by atoms with Gasteiger partial charge in [-0.2, -0.15) is 0 Å². The molecular weight excluding hydrogens is 321 g/mol. The number of azide groups is 1. The van der Waals surface area contributed by atoms with Crippen molar-refractivity contribution in [1.29, 1.82) is 0 Å². The van der Waals surface area contributed by atoms with Gasteiger partial charge in [0.2, 0.25) is 0 Å². The van der Waals surface area contributed by atoms with Crippen LogP contribution in [-0.2, 0) is 16.8 Å². The van der Waals surface area contributed by atoms with Gasteiger partial charge >= 0.3 is 0 Å². The van der Waals surface area contributed by atoms with Gasteiger partial charge < -0.3 is 10.2 Å². The molecule has 0 saturated heterocycles. The molecule has 4 rings (SSSR count). The monoisotopic (exact) mass is 337 g/mol. The summed E-state index contributed by atoms with van der Waals surface area (Å²) in [5.41, 5.74) is 11.0. The molecule has 0 bridgehead atoms. The van der Waals surface area contributed by atoms with Gasteiger partial charge in [-0.3, -0.25) is 4.79 Å². The zero-order valence-electron chi connectivity index (χ0n) is 13.4. The van der Waals surface area contributed by atoms with Crippen LogP contribution in [0.2, 0.25) is 0 Å². The fraction of sp³-hybridized carbons (Fsp3) is 0.278. The molecule has 2 aliphatic heterocycles. The molecule has 7 heteroatoms. The van der Waals surface area contributed by atoms with Crippen LogP contribution in [0.3, 0.4) is 0 Å². The third-order valence-corrected chi connectivity index (χ3v) is 5.04. The molecule has 2 heterocycles. The Morgan fingerprint density at radius 3 is 3.00 bits per heavy atom. The number of carbonyl (C=O) groups is 1. The predicted octanol–water partition coefficient (Wildman–Crippen LogP) is 3.74. The number of rotatable bonds is 4. The zero-order valence-corrected chi connectivity index (χ0v) is 13.4. The summed E-state index contributed by atoms with van der Waals surface area (Å²) in [5, 5.41) is 6.56. The molecule has 0 fully saturated rings. The Labute approximate surface area is 143 Å². The van der Waals surface area contributed by atoms with Gasteiger partial charge in [0.05, 0.1) is 0 Å². The van der Waals surface area contributed by atoms with Crippen LogP contribution in [0.4, 0.5) is 15.8 Å². The van der Waals surface area contributed by atoms with E-state index >= 15 is 0 Å². The third kappa shape index (κ3) is 2.24. The summed E-state index contributed by atoms with van der Waals surface area (Å²) >= 11 is 0. The third-order valence-electron chi connectivity index (χ3n) is 5.04. The Bertz CT molecular complexity index is 908. The SMILES string of the molecule is [N-]=[N+]=NCC[C@@]1(N2CCc3ccc(F)cc32)C(=O)Nc2ccccc21. The summed E-state index contributed by atoms with van der Waals surface area (Å²) in [4.78, 5) is 17.8. The van der Waals surface area contributed by atoms with Crippen LogP contribution in [0.1, 0.15) is 17.5 Å². The van der Waals surface area contributed by atoms with Crippen LogP contribution >= 0.6 is 0 Å². The molecule has 0 aromatic heterocycles. The second-order valence-corrected chi connectivity index (χ2v) is 6.24. The highest BCUT2D eigenvalue weighted by molar-refractivity contribution is 6.08. The van der Waals surface area contributed by atoms with Gasteiger partial charge in [0.15, 0.2) is 0 Å². The van der Waals surface area contributed by atoms with E-state index in [1.807, 2.05) is 29.2 Å². The fourth-order valence-electron chi connectivity index (χ4n) is 3.96. The van der Waals surface area contributed by atoms with Gasteiger partial charge in [0.25, 0.3) is 5.91 Å². The highest BCUT2D eigenvalue weighted by Gasteiger charge is 2.52. The molecule has 126 valence electrons. The summed E-state index contributed by atoms with van der Waals surface area (Å²) in [6, 6.07) is 12.2. The van der Waals surface area contributed by atoms with E-state index < -0.39 is 5.54 Å². The number of para-hydroxylation sites is 1. The number of hydrogen-bond acceptors (Lipinski definition) is 3. The minimum absolute atomic E-state index is 0.168. The molecule has 2 aliphatic rings. The molecule has 0 aliphatic carbocycles. The number of hydrogen-bond donors (Lipinski definition) is 1. The van der Waals surface area contributed by atoms with E-state index in [0.717, 1.165) is 28.9 Å². The van der Waals surface area contributed by atoms with Crippen molar-refractivity contribution in [2.24, 2.45) is 5.11 Å². The Kier molecular flexibility index (Phi) is 3.58. The predicted molar refractivity (Wildman–Crippen MR) is 92.8 cm³/mol. The van der Waals surface area contributed by atoms with Crippen LogP contribution in [0.5, 0.6) is 0 Å². The largest absolute Gasteiger partial charge is 0.353 e. The van der Waals surface area contributed by atoms with Crippen molar-refractivity contribution < 1.29 is 9.18 Å². The van der Waals surface area contributed by atoms with Crippen LogP contribution in [0.25, 0.3) is 10.4 Å². The van der Waals surface area contributed by atoms with E-state index in [9.17, 15) is 9.18 Å². The van der Waals surface area contributed by atoms with E-state index in [1.165, 1.54) is 12.1 Å². The second-order valence-electron chi connectivity index (χ2n) is 6.24. The maximum atomic E-state index is 13.9. The number of amides is 1. The molecule has 25 heavy (non-hydrogen) atoms. The number of anilines is 2. The Balaban J connectivity index is 1.88. The fourth-order valence-corrected chi connectivity index (χ4v) is 3.96. The normalized spacial score (nSPS) is 20.7. The maximum Gasteiger partial charge on any atom is 0.255 e. The summed E-state index contributed by atoms with van der Waals surface area (Å²) < 4.78 is 13.9. The van der Waals surface area contributed by atoms with Crippen LogP contribution < -0.4 is 10.2 Å². The minimum atomic E-state index is -0.996. The first-order chi connectivity index (χ1) is 12.2. The first-order valence-electron chi connectivity index (χ1n) is 8.15. The van der Waals surface area contributed by atoms with Crippen molar-refractivity contribution in [1.82, 2.24) is 0 Å². The molecule has 2 aromatic rings. The summed E-state index contributed by atoms with van der Waals surface area (Å²) in [6.07, 6.45) is 1.07. The summed E-state index contributed by atoms with van der Waals surface area (Å²) in [6.45, 7) is 0.788. The lowest BCUT2D eigenvalue weighted by atomic mass is 9.85. The summed E-state index contributed by atoms with van der Waals surface area (Å²) in [7, 11) is 0. The van der Waals surface area contributed by atoms with Gasteiger partial charge in [-0.25, -0.2) is 4.39 Å². The molecule has 1 N–H and O–H groups in total. The average Bonchev–Trinajstić information content (AvgIpc) is 3.14. The summed E-state index contributed by atoms with van der Waals surface area (Å²) in [5.74, 6) is -0.499. The van der Waals surface area contributed by atoms with Gasteiger partial charge in [-0.15, -0.1) is 0 Å². The van der Waals surface area contributed by atoms with E-state index in [4.69, 9.17) is 5.53 Å². The van der Waals surface area contributed by atoms with Crippen molar-refractivity contribution in [2.75, 3.05) is 23.3 Å². The molecule has 0 spiro atoms. The molecule has 1 amide bonds. The Hall–Kier alpha value is -3.05. The maximum absolute atomic E-state index is 13.9. The number of carbonyl (C=O) groups excluding carboxylic acids is 1. The van der Waals surface area contributed by atoms with Gasteiger partial charge in [-0.1, -0.05) is 29.4 Å². The van der Waals surface area contributed by atoms with Crippen LogP contribution in [0, 0.1) is 5.82 Å². The molecule has 0 radical (unpaired) electrons. The number of halogens is 1. The number of nitrogens with zero attached hydrogens (tertiary/aromatic N) is 4. The Morgan fingerprint density at radius 2 is 2.16 bits per heavy atom. The lowest BCUT2D eigenvalue weighted by molar-refractivity contribution is -0.121. The number of nitrogens with one attached hydrogen (secondary N) is 1. The molecule has 6 nitrogen and oxygen atoms in total. The Morgan fingerprint density at radius 1 is 1.32 bits per heavy atom. The van der Waals surface area contributed by atoms with Crippen LogP contribution in [0.15, 0.2) is 47.6 Å². The second kappa shape index (κ2) is 5.79. The number of fused-ring (bicyclic) bond motifs is 2. The first kappa shape index (κ1) is 15.5. The topological polar surface area (TPSA) is 81.1 Å². The molecular formula is C18H16FN5O. The van der Waals surface area contributed by atoms with Crippen LogP contribution in [-0.4, -0.2) is 19.0 Å². The smallest absolute Gasteiger partial charge is 0.255 e. The molecule has 0 saturated carbocycles. The highest BCUT2D eigenvalue weighted by atomic mass is 19.1. The molecule has 2 aromatic carbocycles. The molecule has 1 atom stereocenters.